The number of phenolic OH excluding ortho intramolecular Hbond substituents is 1. The van der Waals surface area contributed by atoms with Gasteiger partial charge in [-0.05, 0) is 103 Å². The van der Waals surface area contributed by atoms with Gasteiger partial charge < -0.3 is 5.11 Å². The van der Waals surface area contributed by atoms with E-state index in [1.165, 1.54) is 0 Å². The van der Waals surface area contributed by atoms with Gasteiger partial charge in [-0.3, -0.25) is 9.55 Å². The molecule has 0 atom stereocenters. The summed E-state index contributed by atoms with van der Waals surface area (Å²) in [6.45, 7) is 22.9. The van der Waals surface area contributed by atoms with Gasteiger partial charge in [0.25, 0.3) is 0 Å². The number of phenols is 1. The first kappa shape index (κ1) is 40.4. The van der Waals surface area contributed by atoms with Crippen LogP contribution in [0.3, 0.4) is 0 Å². The number of benzene rings is 7. The SMILES string of the molecule is [2H]c1c([2H])c([2H])c(-c2ccnc(-c3[c-]c(-c4cccc5c4nc(-c4cc(C(C)(C)C)cc(C(C)(C)C)c4O)n5-c4cc(C([2H])([2H])[2H])c(-c5ccc(C(C)(C)C)cc5)cc4-c4ccccc4)cc(C(C)(C)C)c3)c2)c([2H])c1[2H].[Pt]. The summed E-state index contributed by atoms with van der Waals surface area (Å²) < 4.78 is 71.9. The summed E-state index contributed by atoms with van der Waals surface area (Å²) in [5.74, 6) is 0.489. The Kier molecular flexibility index (Phi) is 10.8. The van der Waals surface area contributed by atoms with Gasteiger partial charge in [-0.2, -0.15) is 0 Å². The summed E-state index contributed by atoms with van der Waals surface area (Å²) >= 11 is 0. The molecule has 9 rings (SSSR count). The van der Waals surface area contributed by atoms with Crippen LogP contribution in [-0.2, 0) is 42.7 Å². The molecular formula is C65H66N3OPt-. The summed E-state index contributed by atoms with van der Waals surface area (Å²) in [6.07, 6.45) is 1.57. The predicted octanol–water partition coefficient (Wildman–Crippen LogP) is 17.4. The fraction of sp³-hybridized carbons (Fsp3) is 0.262. The Hall–Kier alpha value is -6.35. The second-order valence-corrected chi connectivity index (χ2v) is 22.3. The molecule has 0 bridgehead atoms. The average Bonchev–Trinajstić information content (AvgIpc) is 3.82. The van der Waals surface area contributed by atoms with Crippen LogP contribution in [0, 0.1) is 12.9 Å². The van der Waals surface area contributed by atoms with E-state index in [9.17, 15) is 5.11 Å². The standard InChI is InChI=1S/C65H66N3O.Pt/c1-41-33-58(53(43-23-18-15-19-24-43)40-52(41)44-27-29-48(30-28-44)62(2,3)4)68-57-26-20-25-51(59(57)67-61(68)54-38-50(64(8,9)10)39-55(60(54)69)65(11,12)13)46-34-47(36-49(35-46)63(5,6)7)56-37-45(31-32-66-56)42-21-16-14-17-22-42;/h14-33,35-40,69H,1-13H3;/q-1;/i1D3,14D,16D,17D,21D,22D;. The fourth-order valence-electron chi connectivity index (χ4n) is 8.98. The van der Waals surface area contributed by atoms with E-state index in [1.54, 1.807) is 24.4 Å². The van der Waals surface area contributed by atoms with Crippen LogP contribution in [0.5, 0.6) is 5.75 Å². The van der Waals surface area contributed by atoms with E-state index in [1.807, 2.05) is 83.4 Å². The maximum absolute atomic E-state index is 12.8. The van der Waals surface area contributed by atoms with E-state index >= 15 is 0 Å². The summed E-state index contributed by atoms with van der Waals surface area (Å²) in [7, 11) is 0. The Morgan fingerprint density at radius 1 is 0.543 bits per heavy atom. The monoisotopic (exact) mass is 1110 g/mol. The van der Waals surface area contributed by atoms with Crippen molar-refractivity contribution in [1.29, 1.82) is 0 Å². The average molecular weight is 1110 g/mol. The number of pyridine rings is 1. The molecule has 9 aromatic rings. The predicted molar refractivity (Wildman–Crippen MR) is 292 cm³/mol. The molecule has 0 spiro atoms. The Balaban J connectivity index is 0.00000803. The molecule has 2 heterocycles. The van der Waals surface area contributed by atoms with Crippen molar-refractivity contribution in [2.75, 3.05) is 0 Å². The molecule has 5 heteroatoms. The van der Waals surface area contributed by atoms with Crippen LogP contribution in [0.25, 0.3) is 83.9 Å². The van der Waals surface area contributed by atoms with Crippen LogP contribution in [0.4, 0.5) is 0 Å². The molecule has 0 amide bonds. The number of hydrogen-bond donors (Lipinski definition) is 1. The zero-order valence-corrected chi connectivity index (χ0v) is 44.5. The maximum Gasteiger partial charge on any atom is 0.148 e. The van der Waals surface area contributed by atoms with E-state index in [-0.39, 0.29) is 66.3 Å². The first-order valence-corrected chi connectivity index (χ1v) is 23.7. The van der Waals surface area contributed by atoms with Crippen LogP contribution in [0.2, 0.25) is 0 Å². The second kappa shape index (κ2) is 18.8. The minimum atomic E-state index is -2.55. The zero-order valence-electron chi connectivity index (χ0n) is 50.2. The molecule has 0 unspecified atom stereocenters. The summed E-state index contributed by atoms with van der Waals surface area (Å²) in [6, 6.07) is 41.1. The second-order valence-electron chi connectivity index (χ2n) is 22.3. The molecule has 0 saturated carbocycles. The van der Waals surface area contributed by atoms with E-state index in [0.717, 1.165) is 38.9 Å². The van der Waals surface area contributed by atoms with E-state index in [2.05, 4.69) is 113 Å². The number of aromatic hydroxyl groups is 1. The molecule has 358 valence electrons. The summed E-state index contributed by atoms with van der Waals surface area (Å²) in [5, 5.41) is 12.8. The van der Waals surface area contributed by atoms with Crippen LogP contribution >= 0.6 is 0 Å². The van der Waals surface area contributed by atoms with E-state index < -0.39 is 30.4 Å². The molecule has 7 aromatic carbocycles. The molecule has 0 radical (unpaired) electrons. The molecule has 0 saturated heterocycles. The van der Waals surface area contributed by atoms with E-state index in [0.29, 0.717) is 61.6 Å². The third-order valence-corrected chi connectivity index (χ3v) is 13.1. The van der Waals surface area contributed by atoms with Gasteiger partial charge in [0.15, 0.2) is 0 Å². The summed E-state index contributed by atoms with van der Waals surface area (Å²) in [5.41, 5.74) is 10.9. The molecule has 1 N–H and O–H groups in total. The Morgan fingerprint density at radius 3 is 1.83 bits per heavy atom. The largest absolute Gasteiger partial charge is 0.507 e. The van der Waals surface area contributed by atoms with Gasteiger partial charge in [0, 0.05) is 48.2 Å². The maximum atomic E-state index is 12.8. The van der Waals surface area contributed by atoms with Crippen LogP contribution in [-0.4, -0.2) is 19.6 Å². The van der Waals surface area contributed by atoms with Gasteiger partial charge >= 0.3 is 0 Å². The Morgan fingerprint density at radius 2 is 1.19 bits per heavy atom. The number of imidazole rings is 1. The van der Waals surface area contributed by atoms with Crippen LogP contribution in [0.15, 0.2) is 158 Å². The molecule has 2 aromatic heterocycles. The fourth-order valence-corrected chi connectivity index (χ4v) is 8.98. The van der Waals surface area contributed by atoms with Crippen molar-refractivity contribution in [3.8, 4) is 78.6 Å². The number of hydrogen-bond acceptors (Lipinski definition) is 3. The number of rotatable bonds is 7. The number of aryl methyl sites for hydroxylation is 1. The van der Waals surface area contributed by atoms with Gasteiger partial charge in [0.05, 0.1) is 29.1 Å². The number of fused-ring (bicyclic) bond motifs is 1. The van der Waals surface area contributed by atoms with Crippen molar-refractivity contribution in [3.63, 3.8) is 0 Å². The molecular weight excluding hydrogens is 1030 g/mol. The Labute approximate surface area is 442 Å². The normalized spacial score (nSPS) is 14.1. The molecule has 0 aliphatic rings. The zero-order chi connectivity index (χ0) is 56.1. The van der Waals surface area contributed by atoms with Crippen LogP contribution < -0.4 is 0 Å². The minimum Gasteiger partial charge on any atom is -0.507 e. The summed E-state index contributed by atoms with van der Waals surface area (Å²) in [4.78, 5) is 10.4. The molecule has 0 fully saturated rings. The van der Waals surface area contributed by atoms with Crippen molar-refractivity contribution in [1.82, 2.24) is 14.5 Å². The van der Waals surface area contributed by atoms with E-state index in [4.69, 9.17) is 20.9 Å². The third-order valence-electron chi connectivity index (χ3n) is 13.1. The third kappa shape index (κ3) is 9.86. The quantitative estimate of drug-likeness (QED) is 0.162. The topological polar surface area (TPSA) is 50.9 Å². The minimum absolute atomic E-state index is 0. The number of aromatic nitrogens is 3. The van der Waals surface area contributed by atoms with Gasteiger partial charge in [-0.25, -0.2) is 4.98 Å². The van der Waals surface area contributed by atoms with Crippen molar-refractivity contribution in [2.24, 2.45) is 0 Å². The van der Waals surface area contributed by atoms with Crippen molar-refractivity contribution < 1.29 is 37.1 Å². The van der Waals surface area contributed by atoms with Gasteiger partial charge in [0.1, 0.15) is 11.6 Å². The van der Waals surface area contributed by atoms with Crippen LogP contribution in [0.1, 0.15) is 122 Å². The Bertz CT molecular complexity index is 3750. The smallest absolute Gasteiger partial charge is 0.148 e. The number of para-hydroxylation sites is 1. The number of nitrogens with zero attached hydrogens (tertiary/aromatic N) is 3. The van der Waals surface area contributed by atoms with Crippen molar-refractivity contribution in [2.45, 2.75) is 112 Å². The first-order valence-electron chi connectivity index (χ1n) is 27.7. The van der Waals surface area contributed by atoms with Gasteiger partial charge in [-0.15, -0.1) is 29.3 Å². The molecule has 0 aliphatic carbocycles. The van der Waals surface area contributed by atoms with Gasteiger partial charge in [-0.1, -0.05) is 203 Å². The molecule has 70 heavy (non-hydrogen) atoms. The van der Waals surface area contributed by atoms with Crippen molar-refractivity contribution >= 4 is 11.0 Å². The molecule has 4 nitrogen and oxygen atoms in total. The van der Waals surface area contributed by atoms with Crippen molar-refractivity contribution in [3.05, 3.63) is 192 Å². The van der Waals surface area contributed by atoms with Gasteiger partial charge in [0.2, 0.25) is 0 Å². The first-order chi connectivity index (χ1) is 35.8. The molecule has 0 aliphatic heterocycles.